The molecular weight excluding hydrogens is 462 g/mol. The number of hydrogen-bond donors (Lipinski definition) is 0. The zero-order valence-electron chi connectivity index (χ0n) is 15.0. The van der Waals surface area contributed by atoms with Crippen LogP contribution in [0.1, 0.15) is 0 Å². The van der Waals surface area contributed by atoms with Gasteiger partial charge in [-0.2, -0.15) is 0 Å². The van der Waals surface area contributed by atoms with Gasteiger partial charge in [-0.05, 0) is 47.5 Å². The van der Waals surface area contributed by atoms with Gasteiger partial charge in [-0.25, -0.2) is 0 Å². The Bertz CT molecular complexity index is 1090. The fraction of sp³-hybridized carbons (Fsp3) is 0. The molecule has 4 rings (SSSR count). The first-order valence-corrected chi connectivity index (χ1v) is 11.1. The normalized spacial score (nSPS) is 10.9. The fourth-order valence-electron chi connectivity index (χ4n) is 3.09. The van der Waals surface area contributed by atoms with Crippen LogP contribution >= 0.6 is 58.2 Å². The molecule has 0 fully saturated rings. The zero-order valence-corrected chi connectivity index (χ0v) is 18.8. The molecule has 5 heteroatoms. The molecule has 0 saturated heterocycles. The molecule has 0 unspecified atom stereocenters. The van der Waals surface area contributed by atoms with Crippen LogP contribution in [-0.4, -0.2) is 0 Å². The first-order chi connectivity index (χ1) is 14.0. The van der Waals surface area contributed by atoms with E-state index in [1.807, 2.05) is 48.5 Å². The Morgan fingerprint density at radius 2 is 0.862 bits per heavy atom. The first-order valence-electron chi connectivity index (χ1n) is 8.79. The number of hydrogen-bond acceptors (Lipinski definition) is 1. The summed E-state index contributed by atoms with van der Waals surface area (Å²) in [6.07, 6.45) is 0. The molecule has 0 saturated carbocycles. The van der Waals surface area contributed by atoms with E-state index in [-0.39, 0.29) is 0 Å². The van der Waals surface area contributed by atoms with Crippen molar-refractivity contribution in [3.8, 4) is 22.3 Å². The lowest BCUT2D eigenvalue weighted by atomic mass is 10.1. The largest absolute Gasteiger partial charge is 0.0888 e. The highest BCUT2D eigenvalue weighted by Crippen LogP contribution is 2.43. The number of halogens is 4. The predicted molar refractivity (Wildman–Crippen MR) is 128 cm³/mol. The molecule has 0 nitrogen and oxygen atoms in total. The number of rotatable bonds is 4. The molecule has 0 aliphatic heterocycles. The lowest BCUT2D eigenvalue weighted by Crippen LogP contribution is -1.87. The van der Waals surface area contributed by atoms with E-state index in [4.69, 9.17) is 46.4 Å². The molecule has 0 spiro atoms. The third-order valence-electron chi connectivity index (χ3n) is 4.44. The van der Waals surface area contributed by atoms with Crippen LogP contribution in [0.2, 0.25) is 20.1 Å². The van der Waals surface area contributed by atoms with E-state index < -0.39 is 0 Å². The van der Waals surface area contributed by atoms with Crippen LogP contribution in [0.15, 0.2) is 94.7 Å². The third kappa shape index (κ3) is 4.60. The quantitative estimate of drug-likeness (QED) is 0.283. The van der Waals surface area contributed by atoms with Crippen LogP contribution in [0.5, 0.6) is 0 Å². The molecule has 4 aromatic carbocycles. The van der Waals surface area contributed by atoms with Gasteiger partial charge in [0.25, 0.3) is 0 Å². The molecule has 0 aromatic heterocycles. The molecule has 0 N–H and O–H groups in total. The van der Waals surface area contributed by atoms with Crippen molar-refractivity contribution < 1.29 is 0 Å². The highest BCUT2D eigenvalue weighted by molar-refractivity contribution is 7.99. The highest BCUT2D eigenvalue weighted by atomic mass is 35.5. The van der Waals surface area contributed by atoms with Gasteiger partial charge >= 0.3 is 0 Å². The Morgan fingerprint density at radius 1 is 0.448 bits per heavy atom. The molecule has 0 aliphatic carbocycles. The second kappa shape index (κ2) is 9.04. The minimum atomic E-state index is 0.617. The molecule has 144 valence electrons. The maximum atomic E-state index is 6.48. The molecule has 0 heterocycles. The van der Waals surface area contributed by atoms with Crippen LogP contribution in [0.25, 0.3) is 22.3 Å². The SMILES string of the molecule is Clc1ccc(-c2ccccc2Sc2ccccc2-c2ccc(Cl)cc2Cl)c(Cl)c1. The third-order valence-corrected chi connectivity index (χ3v) is 6.68. The second-order valence-corrected chi connectivity index (χ2v) is 9.11. The van der Waals surface area contributed by atoms with E-state index in [0.29, 0.717) is 20.1 Å². The van der Waals surface area contributed by atoms with Gasteiger partial charge in [0, 0.05) is 41.0 Å². The monoisotopic (exact) mass is 474 g/mol. The Labute approximate surface area is 194 Å². The van der Waals surface area contributed by atoms with Gasteiger partial charge in [0.05, 0.1) is 0 Å². The molecule has 0 aliphatic rings. The maximum Gasteiger partial charge on any atom is 0.0499 e. The van der Waals surface area contributed by atoms with E-state index in [2.05, 4.69) is 24.3 Å². The van der Waals surface area contributed by atoms with E-state index in [1.165, 1.54) is 0 Å². The average Bonchev–Trinajstić information content (AvgIpc) is 2.70. The average molecular weight is 476 g/mol. The van der Waals surface area contributed by atoms with Crippen molar-refractivity contribution in [3.05, 3.63) is 105 Å². The van der Waals surface area contributed by atoms with Gasteiger partial charge < -0.3 is 0 Å². The lowest BCUT2D eigenvalue weighted by molar-refractivity contribution is 1.39. The standard InChI is InChI=1S/C24H14Cl4S/c25-15-9-11-17(21(27)13-15)19-5-1-3-7-23(19)29-24-8-4-2-6-20(24)18-12-10-16(26)14-22(18)28/h1-14H. The van der Waals surface area contributed by atoms with E-state index in [0.717, 1.165) is 32.0 Å². The van der Waals surface area contributed by atoms with E-state index in [1.54, 1.807) is 23.9 Å². The summed E-state index contributed by atoms with van der Waals surface area (Å²) >= 11 is 26.8. The Morgan fingerprint density at radius 3 is 1.28 bits per heavy atom. The van der Waals surface area contributed by atoms with E-state index >= 15 is 0 Å². The minimum absolute atomic E-state index is 0.617. The van der Waals surface area contributed by atoms with Crippen molar-refractivity contribution in [2.75, 3.05) is 0 Å². The summed E-state index contributed by atoms with van der Waals surface area (Å²) in [7, 11) is 0. The van der Waals surface area contributed by atoms with Crippen molar-refractivity contribution in [1.29, 1.82) is 0 Å². The highest BCUT2D eigenvalue weighted by Gasteiger charge is 2.14. The molecule has 0 atom stereocenters. The van der Waals surface area contributed by atoms with Gasteiger partial charge in [0.1, 0.15) is 0 Å². The Balaban J connectivity index is 1.79. The van der Waals surface area contributed by atoms with Gasteiger partial charge in [-0.15, -0.1) is 0 Å². The fourth-order valence-corrected chi connectivity index (χ4v) is 5.22. The number of benzene rings is 4. The van der Waals surface area contributed by atoms with Gasteiger partial charge in [-0.3, -0.25) is 0 Å². The minimum Gasteiger partial charge on any atom is -0.0888 e. The summed E-state index contributed by atoms with van der Waals surface area (Å²) in [5.74, 6) is 0. The van der Waals surface area contributed by atoms with Crippen molar-refractivity contribution >= 4 is 58.2 Å². The molecule has 0 bridgehead atoms. The Kier molecular flexibility index (Phi) is 6.44. The lowest BCUT2D eigenvalue weighted by Gasteiger charge is -2.14. The first kappa shape index (κ1) is 20.7. The van der Waals surface area contributed by atoms with Crippen molar-refractivity contribution in [1.82, 2.24) is 0 Å². The zero-order chi connectivity index (χ0) is 20.4. The Hall–Kier alpha value is -1.61. The molecular formula is C24H14Cl4S. The summed E-state index contributed by atoms with van der Waals surface area (Å²) in [6, 6.07) is 27.5. The van der Waals surface area contributed by atoms with Gasteiger partial charge in [0.15, 0.2) is 0 Å². The van der Waals surface area contributed by atoms with Gasteiger partial charge in [0.2, 0.25) is 0 Å². The van der Waals surface area contributed by atoms with Crippen LogP contribution < -0.4 is 0 Å². The molecule has 0 amide bonds. The van der Waals surface area contributed by atoms with Crippen LogP contribution in [0, 0.1) is 0 Å². The molecule has 4 aromatic rings. The topological polar surface area (TPSA) is 0 Å². The molecule has 29 heavy (non-hydrogen) atoms. The van der Waals surface area contributed by atoms with Gasteiger partial charge in [-0.1, -0.05) is 107 Å². The predicted octanol–water partition coefficient (Wildman–Crippen LogP) is 9.79. The van der Waals surface area contributed by atoms with E-state index in [9.17, 15) is 0 Å². The summed E-state index contributed by atoms with van der Waals surface area (Å²) in [5, 5.41) is 2.48. The van der Waals surface area contributed by atoms with Crippen LogP contribution in [-0.2, 0) is 0 Å². The van der Waals surface area contributed by atoms with Crippen LogP contribution in [0.3, 0.4) is 0 Å². The summed E-state index contributed by atoms with van der Waals surface area (Å²) in [4.78, 5) is 2.18. The summed E-state index contributed by atoms with van der Waals surface area (Å²) in [6.45, 7) is 0. The molecule has 0 radical (unpaired) electrons. The van der Waals surface area contributed by atoms with Crippen molar-refractivity contribution in [3.63, 3.8) is 0 Å². The van der Waals surface area contributed by atoms with Crippen LogP contribution in [0.4, 0.5) is 0 Å². The van der Waals surface area contributed by atoms with Crippen molar-refractivity contribution in [2.45, 2.75) is 9.79 Å². The smallest absolute Gasteiger partial charge is 0.0499 e. The maximum absolute atomic E-state index is 6.48. The summed E-state index contributed by atoms with van der Waals surface area (Å²) in [5.41, 5.74) is 4.00. The second-order valence-electron chi connectivity index (χ2n) is 6.34. The summed E-state index contributed by atoms with van der Waals surface area (Å²) < 4.78 is 0. The van der Waals surface area contributed by atoms with Crippen molar-refractivity contribution in [2.24, 2.45) is 0 Å².